The smallest absolute Gasteiger partial charge is 0.367 e. The molecule has 4 aromatic rings. The lowest BCUT2D eigenvalue weighted by molar-refractivity contribution is -0.137. The highest BCUT2D eigenvalue weighted by Crippen LogP contribution is 2.32. The highest BCUT2D eigenvalue weighted by Gasteiger charge is 2.32. The number of imidazole rings is 1. The van der Waals surface area contributed by atoms with Crippen LogP contribution in [-0.2, 0) is 30.5 Å². The van der Waals surface area contributed by atoms with E-state index in [2.05, 4.69) is 20.9 Å². The van der Waals surface area contributed by atoms with Gasteiger partial charge in [-0.3, -0.25) is 9.59 Å². The number of halogens is 3. The lowest BCUT2D eigenvalue weighted by Crippen LogP contribution is -2.55. The van der Waals surface area contributed by atoms with Gasteiger partial charge in [0.05, 0.1) is 11.9 Å². The van der Waals surface area contributed by atoms with Crippen LogP contribution >= 0.6 is 0 Å². The first-order valence-electron chi connectivity index (χ1n) is 13.6. The largest absolute Gasteiger partial charge is 0.416 e. The monoisotopic (exact) mass is 562 g/mol. The van der Waals surface area contributed by atoms with E-state index in [0.29, 0.717) is 44.8 Å². The summed E-state index contributed by atoms with van der Waals surface area (Å²) in [7, 11) is 0. The molecule has 2 amide bonds. The van der Waals surface area contributed by atoms with Gasteiger partial charge in [-0.25, -0.2) is 9.97 Å². The summed E-state index contributed by atoms with van der Waals surface area (Å²) >= 11 is 0. The molecular formula is C30H29F3N6O2. The minimum Gasteiger partial charge on any atom is -0.367 e. The number of carbonyl (C=O) groups is 2. The standard InChI is InChI=1S/C30H29F3N6O2/c1-20-16-36(14-15-39(20)27(40)18-38-19-35-25-5-3-12-34-28(25)38)26-6-2-4-21-11-13-37(17-24(21)26)29(41)22-7-9-23(10-8-22)30(31,32)33/h2-10,12,19-20H,11,13-18H2,1H3. The van der Waals surface area contributed by atoms with E-state index in [0.717, 1.165) is 34.5 Å². The fourth-order valence-corrected chi connectivity index (χ4v) is 5.81. The number of pyridine rings is 1. The van der Waals surface area contributed by atoms with Crippen LogP contribution in [0.15, 0.2) is 67.1 Å². The normalized spacial score (nSPS) is 17.6. The Labute approximate surface area is 235 Å². The van der Waals surface area contributed by atoms with Gasteiger partial charge in [-0.1, -0.05) is 12.1 Å². The fourth-order valence-electron chi connectivity index (χ4n) is 5.81. The third kappa shape index (κ3) is 5.23. The number of rotatable bonds is 4. The van der Waals surface area contributed by atoms with Crippen molar-refractivity contribution in [1.29, 1.82) is 0 Å². The minimum atomic E-state index is -4.45. The van der Waals surface area contributed by atoms with Gasteiger partial charge in [0.2, 0.25) is 5.91 Å². The molecule has 2 aliphatic heterocycles. The van der Waals surface area contributed by atoms with Crippen LogP contribution in [0.2, 0.25) is 0 Å². The van der Waals surface area contributed by atoms with E-state index in [9.17, 15) is 22.8 Å². The average molecular weight is 563 g/mol. The molecule has 0 spiro atoms. The molecule has 8 nitrogen and oxygen atoms in total. The van der Waals surface area contributed by atoms with Crippen LogP contribution in [0.4, 0.5) is 18.9 Å². The van der Waals surface area contributed by atoms with Gasteiger partial charge in [0.25, 0.3) is 5.91 Å². The second-order valence-corrected chi connectivity index (χ2v) is 10.6. The Morgan fingerprint density at radius 1 is 0.976 bits per heavy atom. The fraction of sp³-hybridized carbons (Fsp3) is 0.333. The number of alkyl halides is 3. The number of carbonyl (C=O) groups excluding carboxylic acids is 2. The Kier molecular flexibility index (Phi) is 6.88. The maximum absolute atomic E-state index is 13.2. The third-order valence-electron chi connectivity index (χ3n) is 7.96. The van der Waals surface area contributed by atoms with Crippen molar-refractivity contribution in [3.8, 4) is 0 Å². The van der Waals surface area contributed by atoms with E-state index in [1.807, 2.05) is 36.1 Å². The second kappa shape index (κ2) is 10.5. The molecule has 0 saturated carbocycles. The van der Waals surface area contributed by atoms with Crippen molar-refractivity contribution in [1.82, 2.24) is 24.3 Å². The summed E-state index contributed by atoms with van der Waals surface area (Å²) in [6.07, 6.45) is -0.455. The maximum atomic E-state index is 13.2. The first-order valence-corrected chi connectivity index (χ1v) is 13.6. The van der Waals surface area contributed by atoms with Crippen molar-refractivity contribution < 1.29 is 22.8 Å². The summed E-state index contributed by atoms with van der Waals surface area (Å²) in [6, 6.07) is 14.1. The molecule has 1 unspecified atom stereocenters. The van der Waals surface area contributed by atoms with Crippen molar-refractivity contribution in [3.63, 3.8) is 0 Å². The highest BCUT2D eigenvalue weighted by atomic mass is 19.4. The van der Waals surface area contributed by atoms with Crippen LogP contribution in [0.25, 0.3) is 11.2 Å². The van der Waals surface area contributed by atoms with E-state index >= 15 is 0 Å². The highest BCUT2D eigenvalue weighted by molar-refractivity contribution is 5.94. The molecule has 2 aromatic carbocycles. The Balaban J connectivity index is 1.14. The zero-order valence-corrected chi connectivity index (χ0v) is 22.5. The van der Waals surface area contributed by atoms with Gasteiger partial charge in [-0.15, -0.1) is 0 Å². The van der Waals surface area contributed by atoms with Crippen molar-refractivity contribution in [2.24, 2.45) is 0 Å². The van der Waals surface area contributed by atoms with Crippen molar-refractivity contribution in [2.75, 3.05) is 31.1 Å². The Hall–Kier alpha value is -4.41. The van der Waals surface area contributed by atoms with E-state index in [-0.39, 0.29) is 30.0 Å². The zero-order chi connectivity index (χ0) is 28.7. The van der Waals surface area contributed by atoms with Crippen molar-refractivity contribution in [2.45, 2.75) is 38.7 Å². The molecule has 2 aromatic heterocycles. The number of anilines is 1. The SMILES string of the molecule is CC1CN(c2cccc3c2CN(C(=O)c2ccc(C(F)(F)F)cc2)CC3)CCN1C(=O)Cn1cnc2cccnc21. The summed E-state index contributed by atoms with van der Waals surface area (Å²) in [4.78, 5) is 41.0. The van der Waals surface area contributed by atoms with Crippen LogP contribution in [0.3, 0.4) is 0 Å². The summed E-state index contributed by atoms with van der Waals surface area (Å²) in [5.41, 5.74) is 4.11. The first kappa shape index (κ1) is 26.8. The molecule has 0 aliphatic carbocycles. The lowest BCUT2D eigenvalue weighted by atomic mass is 9.96. The van der Waals surface area contributed by atoms with Gasteiger partial charge < -0.3 is 19.3 Å². The summed E-state index contributed by atoms with van der Waals surface area (Å²) < 4.78 is 40.7. The molecule has 4 heterocycles. The molecule has 0 bridgehead atoms. The molecule has 1 saturated heterocycles. The average Bonchev–Trinajstić information content (AvgIpc) is 3.38. The number of fused-ring (bicyclic) bond motifs is 2. The maximum Gasteiger partial charge on any atom is 0.416 e. The number of hydrogen-bond acceptors (Lipinski definition) is 5. The number of piperazine rings is 1. The quantitative estimate of drug-likeness (QED) is 0.369. The molecule has 0 N–H and O–H groups in total. The first-order chi connectivity index (χ1) is 19.7. The topological polar surface area (TPSA) is 74.6 Å². The molecule has 2 aliphatic rings. The lowest BCUT2D eigenvalue weighted by Gasteiger charge is -2.42. The van der Waals surface area contributed by atoms with Gasteiger partial charge in [-0.2, -0.15) is 13.2 Å². The van der Waals surface area contributed by atoms with Crippen LogP contribution in [-0.4, -0.2) is 68.4 Å². The Morgan fingerprint density at radius 2 is 1.78 bits per heavy atom. The minimum absolute atomic E-state index is 0.00510. The van der Waals surface area contributed by atoms with Crippen LogP contribution < -0.4 is 4.90 Å². The molecule has 0 radical (unpaired) electrons. The second-order valence-electron chi connectivity index (χ2n) is 10.6. The molecule has 1 fully saturated rings. The number of benzene rings is 2. The molecule has 41 heavy (non-hydrogen) atoms. The van der Waals surface area contributed by atoms with E-state index in [4.69, 9.17) is 0 Å². The van der Waals surface area contributed by atoms with Gasteiger partial charge >= 0.3 is 6.18 Å². The van der Waals surface area contributed by atoms with Gasteiger partial charge in [0, 0.05) is 56.2 Å². The molecule has 11 heteroatoms. The third-order valence-corrected chi connectivity index (χ3v) is 7.96. The predicted octanol–water partition coefficient (Wildman–Crippen LogP) is 4.39. The van der Waals surface area contributed by atoms with E-state index < -0.39 is 11.7 Å². The molecule has 6 rings (SSSR count). The predicted molar refractivity (Wildman–Crippen MR) is 147 cm³/mol. The van der Waals surface area contributed by atoms with Crippen LogP contribution in [0, 0.1) is 0 Å². The van der Waals surface area contributed by atoms with E-state index in [1.54, 1.807) is 22.0 Å². The van der Waals surface area contributed by atoms with Crippen LogP contribution in [0.1, 0.15) is 34.0 Å². The number of amides is 2. The number of nitrogens with zero attached hydrogens (tertiary/aromatic N) is 6. The Bertz CT molecular complexity index is 1600. The zero-order valence-electron chi connectivity index (χ0n) is 22.5. The van der Waals surface area contributed by atoms with E-state index in [1.165, 1.54) is 12.1 Å². The van der Waals surface area contributed by atoms with Gasteiger partial charge in [0.15, 0.2) is 5.65 Å². The van der Waals surface area contributed by atoms with Gasteiger partial charge in [0.1, 0.15) is 12.1 Å². The number of aromatic nitrogens is 3. The summed E-state index contributed by atoms with van der Waals surface area (Å²) in [5.74, 6) is -0.282. The molecular weight excluding hydrogens is 533 g/mol. The molecule has 1 atom stereocenters. The Morgan fingerprint density at radius 3 is 2.54 bits per heavy atom. The summed E-state index contributed by atoms with van der Waals surface area (Å²) in [6.45, 7) is 4.90. The number of hydrogen-bond donors (Lipinski definition) is 0. The van der Waals surface area contributed by atoms with Crippen molar-refractivity contribution >= 4 is 28.7 Å². The summed E-state index contributed by atoms with van der Waals surface area (Å²) in [5, 5.41) is 0. The van der Waals surface area contributed by atoms with Crippen molar-refractivity contribution in [3.05, 3.63) is 89.4 Å². The van der Waals surface area contributed by atoms with Gasteiger partial charge in [-0.05, 0) is 66.9 Å². The molecule has 212 valence electrons. The van der Waals surface area contributed by atoms with Crippen LogP contribution in [0.5, 0.6) is 0 Å².